The van der Waals surface area contributed by atoms with E-state index in [1.54, 1.807) is 0 Å². The summed E-state index contributed by atoms with van der Waals surface area (Å²) in [7, 11) is 0. The SMILES string of the molecule is c1ccc(-n2c3ccccc3c3c4c5cccc6c7ccccc7c7cccc8sc9cccc(c9c87)n(c4ccc32)c65)cc1. The molecule has 2 nitrogen and oxygen atoms in total. The van der Waals surface area contributed by atoms with Crippen molar-refractivity contribution in [2.75, 3.05) is 0 Å². The third-order valence-corrected chi connectivity index (χ3v) is 11.0. The summed E-state index contributed by atoms with van der Waals surface area (Å²) in [6.45, 7) is 0. The third-order valence-electron chi connectivity index (χ3n) is 9.85. The molecule has 11 rings (SSSR count). The Bertz CT molecular complexity index is 3030. The van der Waals surface area contributed by atoms with Gasteiger partial charge in [-0.2, -0.15) is 0 Å². The van der Waals surface area contributed by atoms with Crippen LogP contribution in [0.4, 0.5) is 0 Å². The van der Waals surface area contributed by atoms with E-state index in [0.717, 1.165) is 0 Å². The molecular formula is C42H24N2S. The van der Waals surface area contributed by atoms with Gasteiger partial charge in [-0.1, -0.05) is 97.1 Å². The van der Waals surface area contributed by atoms with E-state index in [4.69, 9.17) is 0 Å². The Balaban J connectivity index is 1.52. The van der Waals surface area contributed by atoms with Gasteiger partial charge in [0.2, 0.25) is 0 Å². The standard InChI is InChI=1S/C42H24N2S/c1-2-11-25(12-3-1)43-32-19-7-6-15-30(32)38-34(43)23-24-35-39(38)31-18-8-17-29-27-14-5-4-13-26(27)28-16-9-21-36-40(28)41-33(44(35)42(29)31)20-10-22-37(41)45-36/h1-24H. The average Bonchev–Trinajstić information content (AvgIpc) is 3.76. The van der Waals surface area contributed by atoms with E-state index in [-0.39, 0.29) is 0 Å². The molecule has 4 aromatic heterocycles. The Labute approximate surface area is 261 Å². The van der Waals surface area contributed by atoms with Crippen LogP contribution in [0.2, 0.25) is 0 Å². The van der Waals surface area contributed by atoms with Gasteiger partial charge in [-0.05, 0) is 64.7 Å². The van der Waals surface area contributed by atoms with Crippen molar-refractivity contribution in [3.8, 4) is 5.69 Å². The second-order valence-corrected chi connectivity index (χ2v) is 13.1. The van der Waals surface area contributed by atoms with E-state index < -0.39 is 0 Å². The Hall–Kier alpha value is -5.64. The lowest BCUT2D eigenvalue weighted by Gasteiger charge is -2.07. The fourth-order valence-electron chi connectivity index (χ4n) is 8.15. The molecule has 0 saturated heterocycles. The first-order chi connectivity index (χ1) is 22.4. The number of aromatic nitrogens is 2. The third kappa shape index (κ3) is 2.94. The molecule has 4 heterocycles. The summed E-state index contributed by atoms with van der Waals surface area (Å²) in [6, 6.07) is 53.9. The minimum atomic E-state index is 1.18. The van der Waals surface area contributed by atoms with Crippen LogP contribution in [0.1, 0.15) is 0 Å². The van der Waals surface area contributed by atoms with E-state index in [1.165, 1.54) is 96.5 Å². The number of hydrogen-bond acceptors (Lipinski definition) is 1. The number of thiophene rings is 1. The van der Waals surface area contributed by atoms with Gasteiger partial charge in [-0.15, -0.1) is 11.3 Å². The molecule has 45 heavy (non-hydrogen) atoms. The maximum absolute atomic E-state index is 2.57. The molecule has 0 radical (unpaired) electrons. The Morgan fingerprint density at radius 2 is 0.889 bits per heavy atom. The molecule has 0 aliphatic carbocycles. The second kappa shape index (κ2) is 8.50. The summed E-state index contributed by atoms with van der Waals surface area (Å²) in [4.78, 5) is 0. The smallest absolute Gasteiger partial charge is 0.0620 e. The van der Waals surface area contributed by atoms with Crippen LogP contribution < -0.4 is 0 Å². The molecule has 0 amide bonds. The number of nitrogens with zero attached hydrogens (tertiary/aromatic N) is 2. The van der Waals surface area contributed by atoms with Gasteiger partial charge < -0.3 is 8.97 Å². The number of para-hydroxylation sites is 3. The molecule has 11 aromatic rings. The van der Waals surface area contributed by atoms with E-state index in [0.29, 0.717) is 0 Å². The van der Waals surface area contributed by atoms with E-state index in [2.05, 4.69) is 155 Å². The monoisotopic (exact) mass is 588 g/mol. The first-order valence-corrected chi connectivity index (χ1v) is 16.3. The normalized spacial score (nSPS) is 12.4. The van der Waals surface area contributed by atoms with Gasteiger partial charge >= 0.3 is 0 Å². The molecular weight excluding hydrogens is 565 g/mol. The topological polar surface area (TPSA) is 9.34 Å². The first-order valence-electron chi connectivity index (χ1n) is 15.5. The quantitative estimate of drug-likeness (QED) is 0.180. The van der Waals surface area contributed by atoms with E-state index in [1.807, 2.05) is 11.3 Å². The molecule has 0 bridgehead atoms. The summed E-state index contributed by atoms with van der Waals surface area (Å²) in [6.07, 6.45) is 0. The lowest BCUT2D eigenvalue weighted by molar-refractivity contribution is 1.18. The van der Waals surface area contributed by atoms with Gasteiger partial charge in [0.15, 0.2) is 0 Å². The summed E-state index contributed by atoms with van der Waals surface area (Å²) in [5.41, 5.74) is 7.39. The molecule has 0 aliphatic rings. The van der Waals surface area contributed by atoms with Crippen molar-refractivity contribution in [2.24, 2.45) is 0 Å². The predicted octanol–water partition coefficient (Wildman–Crippen LogP) is 12.0. The van der Waals surface area contributed by atoms with Crippen LogP contribution in [0.15, 0.2) is 146 Å². The van der Waals surface area contributed by atoms with Crippen molar-refractivity contribution in [3.05, 3.63) is 146 Å². The summed E-state index contributed by atoms with van der Waals surface area (Å²) in [5, 5.41) is 13.0. The van der Waals surface area contributed by atoms with Crippen LogP contribution in [0, 0.1) is 0 Å². The van der Waals surface area contributed by atoms with Crippen LogP contribution in [-0.2, 0) is 0 Å². The summed E-state index contributed by atoms with van der Waals surface area (Å²) < 4.78 is 7.65. The van der Waals surface area contributed by atoms with E-state index in [9.17, 15) is 0 Å². The van der Waals surface area contributed by atoms with Crippen LogP contribution in [0.3, 0.4) is 0 Å². The minimum absolute atomic E-state index is 1.18. The molecule has 208 valence electrons. The number of hydrogen-bond donors (Lipinski definition) is 0. The zero-order valence-corrected chi connectivity index (χ0v) is 25.0. The average molecular weight is 589 g/mol. The molecule has 3 heteroatoms. The lowest BCUT2D eigenvalue weighted by Crippen LogP contribution is -1.92. The van der Waals surface area contributed by atoms with Gasteiger partial charge in [-0.3, -0.25) is 0 Å². The van der Waals surface area contributed by atoms with Gasteiger partial charge in [0.05, 0.1) is 27.6 Å². The molecule has 0 N–H and O–H groups in total. The summed E-state index contributed by atoms with van der Waals surface area (Å²) in [5.74, 6) is 0. The van der Waals surface area contributed by atoms with Crippen molar-refractivity contribution in [1.29, 1.82) is 0 Å². The lowest BCUT2D eigenvalue weighted by atomic mass is 10.00. The highest BCUT2D eigenvalue weighted by molar-refractivity contribution is 7.26. The van der Waals surface area contributed by atoms with Gasteiger partial charge in [0.1, 0.15) is 0 Å². The second-order valence-electron chi connectivity index (χ2n) is 12.1. The van der Waals surface area contributed by atoms with Crippen molar-refractivity contribution in [3.63, 3.8) is 0 Å². The first kappa shape index (κ1) is 23.8. The zero-order valence-electron chi connectivity index (χ0n) is 24.2. The fourth-order valence-corrected chi connectivity index (χ4v) is 9.30. The van der Waals surface area contributed by atoms with Gasteiger partial charge in [-0.25, -0.2) is 0 Å². The predicted molar refractivity (Wildman–Crippen MR) is 195 cm³/mol. The van der Waals surface area contributed by atoms with Crippen LogP contribution in [-0.4, -0.2) is 8.97 Å². The Morgan fingerprint density at radius 3 is 1.76 bits per heavy atom. The zero-order chi connectivity index (χ0) is 29.2. The molecule has 0 spiro atoms. The van der Waals surface area contributed by atoms with Crippen molar-refractivity contribution in [1.82, 2.24) is 8.97 Å². The fraction of sp³-hybridized carbons (Fsp3) is 0. The molecule has 0 saturated carbocycles. The van der Waals surface area contributed by atoms with Crippen molar-refractivity contribution in [2.45, 2.75) is 0 Å². The molecule has 0 atom stereocenters. The van der Waals surface area contributed by atoms with Crippen LogP contribution >= 0.6 is 11.3 Å². The molecule has 0 aliphatic heterocycles. The Morgan fingerprint density at radius 1 is 0.333 bits per heavy atom. The van der Waals surface area contributed by atoms with E-state index >= 15 is 0 Å². The molecule has 7 aromatic carbocycles. The van der Waals surface area contributed by atoms with Crippen molar-refractivity contribution < 1.29 is 0 Å². The molecule has 0 unspecified atom stereocenters. The Kier molecular flexibility index (Phi) is 4.49. The van der Waals surface area contributed by atoms with Crippen LogP contribution in [0.25, 0.3) is 96.5 Å². The number of rotatable bonds is 1. The number of benzene rings is 7. The summed E-state index contributed by atoms with van der Waals surface area (Å²) >= 11 is 1.90. The highest BCUT2D eigenvalue weighted by Crippen LogP contribution is 2.46. The van der Waals surface area contributed by atoms with Crippen LogP contribution in [0.5, 0.6) is 0 Å². The van der Waals surface area contributed by atoms with Gasteiger partial charge in [0, 0.05) is 52.8 Å². The maximum Gasteiger partial charge on any atom is 0.0620 e. The van der Waals surface area contributed by atoms with Gasteiger partial charge in [0.25, 0.3) is 0 Å². The highest BCUT2D eigenvalue weighted by atomic mass is 32.1. The van der Waals surface area contributed by atoms with Crippen molar-refractivity contribution >= 4 is 102 Å². The minimum Gasteiger partial charge on any atom is -0.309 e. The molecule has 0 fully saturated rings. The highest BCUT2D eigenvalue weighted by Gasteiger charge is 2.22. The largest absolute Gasteiger partial charge is 0.309 e. The number of fused-ring (bicyclic) bond motifs is 11. The maximum atomic E-state index is 2.57.